The second-order valence-electron chi connectivity index (χ2n) is 6.72. The SMILES string of the molecule is O=C(O)c1ccc(CC(=O)N2CCCC(Cc3ccccc3)C2)cc1. The number of hydrogen-bond donors (Lipinski definition) is 1. The van der Waals surface area contributed by atoms with E-state index in [9.17, 15) is 9.59 Å². The quantitative estimate of drug-likeness (QED) is 0.909. The molecular formula is C21H23NO3. The van der Waals surface area contributed by atoms with Crippen LogP contribution in [-0.2, 0) is 17.6 Å². The Kier molecular flexibility index (Phi) is 5.49. The number of carboxylic acid groups (broad SMARTS) is 1. The minimum Gasteiger partial charge on any atom is -0.478 e. The topological polar surface area (TPSA) is 57.6 Å². The number of aromatic carboxylic acids is 1. The molecule has 130 valence electrons. The number of carboxylic acids is 1. The van der Waals surface area contributed by atoms with Crippen LogP contribution in [0.15, 0.2) is 54.6 Å². The molecule has 1 atom stereocenters. The van der Waals surface area contributed by atoms with Gasteiger partial charge in [0, 0.05) is 13.1 Å². The lowest BCUT2D eigenvalue weighted by Gasteiger charge is -2.33. The van der Waals surface area contributed by atoms with Crippen LogP contribution in [0.25, 0.3) is 0 Å². The maximum Gasteiger partial charge on any atom is 0.335 e. The summed E-state index contributed by atoms with van der Waals surface area (Å²) in [5.74, 6) is -0.312. The Bertz CT molecular complexity index is 725. The first kappa shape index (κ1) is 17.2. The standard InChI is InChI=1S/C21H23NO3/c23-20(14-17-8-10-19(11-9-17)21(24)25)22-12-4-7-18(15-22)13-16-5-2-1-3-6-16/h1-3,5-6,8-11,18H,4,7,12-15H2,(H,24,25). The molecule has 1 aliphatic heterocycles. The maximum absolute atomic E-state index is 12.6. The molecule has 0 radical (unpaired) electrons. The Morgan fingerprint density at radius 1 is 1.00 bits per heavy atom. The normalized spacial score (nSPS) is 17.3. The lowest BCUT2D eigenvalue weighted by atomic mass is 9.91. The zero-order chi connectivity index (χ0) is 17.6. The zero-order valence-corrected chi connectivity index (χ0v) is 14.2. The zero-order valence-electron chi connectivity index (χ0n) is 14.2. The first-order valence-corrected chi connectivity index (χ1v) is 8.76. The highest BCUT2D eigenvalue weighted by molar-refractivity contribution is 5.87. The van der Waals surface area contributed by atoms with Crippen molar-refractivity contribution in [2.75, 3.05) is 13.1 Å². The minimum atomic E-state index is -0.947. The molecule has 2 aromatic carbocycles. The monoisotopic (exact) mass is 337 g/mol. The Morgan fingerprint density at radius 3 is 2.40 bits per heavy atom. The van der Waals surface area contributed by atoms with Crippen molar-refractivity contribution in [1.82, 2.24) is 4.90 Å². The third-order valence-electron chi connectivity index (χ3n) is 4.80. The Labute approximate surface area is 148 Å². The number of amides is 1. The molecule has 25 heavy (non-hydrogen) atoms. The van der Waals surface area contributed by atoms with Crippen LogP contribution in [0.4, 0.5) is 0 Å². The summed E-state index contributed by atoms with van der Waals surface area (Å²) in [5, 5.41) is 8.94. The summed E-state index contributed by atoms with van der Waals surface area (Å²) in [4.78, 5) is 25.4. The highest BCUT2D eigenvalue weighted by atomic mass is 16.4. The Hall–Kier alpha value is -2.62. The van der Waals surface area contributed by atoms with E-state index in [2.05, 4.69) is 24.3 Å². The Morgan fingerprint density at radius 2 is 1.72 bits per heavy atom. The van der Waals surface area contributed by atoms with Gasteiger partial charge in [-0.3, -0.25) is 4.79 Å². The number of benzene rings is 2. The maximum atomic E-state index is 12.6. The molecule has 1 N–H and O–H groups in total. The van der Waals surface area contributed by atoms with E-state index < -0.39 is 5.97 Å². The molecule has 1 fully saturated rings. The van der Waals surface area contributed by atoms with Crippen molar-refractivity contribution in [3.63, 3.8) is 0 Å². The van der Waals surface area contributed by atoms with Crippen LogP contribution >= 0.6 is 0 Å². The van der Waals surface area contributed by atoms with Gasteiger partial charge in [0.25, 0.3) is 0 Å². The lowest BCUT2D eigenvalue weighted by molar-refractivity contribution is -0.132. The van der Waals surface area contributed by atoms with E-state index in [-0.39, 0.29) is 11.5 Å². The van der Waals surface area contributed by atoms with E-state index in [1.807, 2.05) is 11.0 Å². The van der Waals surface area contributed by atoms with Crippen LogP contribution in [-0.4, -0.2) is 35.0 Å². The first-order valence-electron chi connectivity index (χ1n) is 8.76. The predicted octanol–water partition coefficient (Wildman–Crippen LogP) is 3.41. The number of likely N-dealkylation sites (tertiary alicyclic amines) is 1. The molecular weight excluding hydrogens is 314 g/mol. The summed E-state index contributed by atoms with van der Waals surface area (Å²) in [6.45, 7) is 1.62. The van der Waals surface area contributed by atoms with Crippen LogP contribution in [0.3, 0.4) is 0 Å². The molecule has 0 saturated carbocycles. The number of hydrogen-bond acceptors (Lipinski definition) is 2. The molecule has 0 bridgehead atoms. The number of rotatable bonds is 5. The van der Waals surface area contributed by atoms with Crippen molar-refractivity contribution in [2.45, 2.75) is 25.7 Å². The van der Waals surface area contributed by atoms with Gasteiger partial charge < -0.3 is 10.0 Å². The Balaban J connectivity index is 1.57. The fraction of sp³-hybridized carbons (Fsp3) is 0.333. The van der Waals surface area contributed by atoms with E-state index in [0.717, 1.165) is 37.9 Å². The van der Waals surface area contributed by atoms with Gasteiger partial charge in [-0.2, -0.15) is 0 Å². The fourth-order valence-electron chi connectivity index (χ4n) is 3.46. The van der Waals surface area contributed by atoms with Gasteiger partial charge in [0.15, 0.2) is 0 Å². The van der Waals surface area contributed by atoms with Crippen LogP contribution < -0.4 is 0 Å². The van der Waals surface area contributed by atoms with E-state index >= 15 is 0 Å². The van der Waals surface area contributed by atoms with Crippen molar-refractivity contribution in [2.24, 2.45) is 5.92 Å². The molecule has 1 saturated heterocycles. The number of piperidine rings is 1. The number of carbonyl (C=O) groups is 2. The number of carbonyl (C=O) groups excluding carboxylic acids is 1. The van der Waals surface area contributed by atoms with Gasteiger partial charge >= 0.3 is 5.97 Å². The molecule has 0 aliphatic carbocycles. The third kappa shape index (κ3) is 4.69. The molecule has 1 unspecified atom stereocenters. The lowest BCUT2D eigenvalue weighted by Crippen LogP contribution is -2.41. The van der Waals surface area contributed by atoms with Crippen molar-refractivity contribution in [3.05, 3.63) is 71.3 Å². The summed E-state index contributed by atoms with van der Waals surface area (Å²) >= 11 is 0. The van der Waals surface area contributed by atoms with Crippen molar-refractivity contribution >= 4 is 11.9 Å². The first-order chi connectivity index (χ1) is 12.1. The predicted molar refractivity (Wildman–Crippen MR) is 96.6 cm³/mol. The summed E-state index contributed by atoms with van der Waals surface area (Å²) in [6.07, 6.45) is 3.54. The molecule has 4 nitrogen and oxygen atoms in total. The fourth-order valence-corrected chi connectivity index (χ4v) is 3.46. The molecule has 1 aliphatic rings. The minimum absolute atomic E-state index is 0.126. The van der Waals surface area contributed by atoms with Crippen molar-refractivity contribution in [3.8, 4) is 0 Å². The van der Waals surface area contributed by atoms with Crippen LogP contribution in [0, 0.1) is 5.92 Å². The third-order valence-corrected chi connectivity index (χ3v) is 4.80. The average Bonchev–Trinajstić information content (AvgIpc) is 2.63. The van der Waals surface area contributed by atoms with Gasteiger partial charge in [-0.05, 0) is 48.4 Å². The number of nitrogens with zero attached hydrogens (tertiary/aromatic N) is 1. The smallest absolute Gasteiger partial charge is 0.335 e. The van der Waals surface area contributed by atoms with Crippen molar-refractivity contribution < 1.29 is 14.7 Å². The molecule has 1 amide bonds. The van der Waals surface area contributed by atoms with Gasteiger partial charge in [0.2, 0.25) is 5.91 Å². The summed E-state index contributed by atoms with van der Waals surface area (Å²) in [6, 6.07) is 17.0. The van der Waals surface area contributed by atoms with Crippen LogP contribution in [0.1, 0.15) is 34.3 Å². The average molecular weight is 337 g/mol. The highest BCUT2D eigenvalue weighted by Crippen LogP contribution is 2.21. The van der Waals surface area contributed by atoms with Gasteiger partial charge in [-0.15, -0.1) is 0 Å². The van der Waals surface area contributed by atoms with E-state index in [1.54, 1.807) is 24.3 Å². The van der Waals surface area contributed by atoms with Crippen LogP contribution in [0.5, 0.6) is 0 Å². The molecule has 0 spiro atoms. The van der Waals surface area contributed by atoms with Gasteiger partial charge in [-0.1, -0.05) is 42.5 Å². The van der Waals surface area contributed by atoms with E-state index in [4.69, 9.17) is 5.11 Å². The van der Waals surface area contributed by atoms with E-state index in [1.165, 1.54) is 5.56 Å². The van der Waals surface area contributed by atoms with Gasteiger partial charge in [0.1, 0.15) is 0 Å². The van der Waals surface area contributed by atoms with Crippen molar-refractivity contribution in [1.29, 1.82) is 0 Å². The van der Waals surface area contributed by atoms with Gasteiger partial charge in [-0.25, -0.2) is 4.79 Å². The second kappa shape index (κ2) is 7.97. The highest BCUT2D eigenvalue weighted by Gasteiger charge is 2.23. The molecule has 1 heterocycles. The summed E-state index contributed by atoms with van der Waals surface area (Å²) in [5.41, 5.74) is 2.43. The molecule has 0 aromatic heterocycles. The second-order valence-corrected chi connectivity index (χ2v) is 6.72. The summed E-state index contributed by atoms with van der Waals surface area (Å²) < 4.78 is 0. The molecule has 3 rings (SSSR count). The van der Waals surface area contributed by atoms with Crippen LogP contribution in [0.2, 0.25) is 0 Å². The molecule has 2 aromatic rings. The molecule has 4 heteroatoms. The van der Waals surface area contributed by atoms with E-state index in [0.29, 0.717) is 12.3 Å². The largest absolute Gasteiger partial charge is 0.478 e. The summed E-state index contributed by atoms with van der Waals surface area (Å²) in [7, 11) is 0. The van der Waals surface area contributed by atoms with Gasteiger partial charge in [0.05, 0.1) is 12.0 Å².